The molecule has 0 amide bonds. The normalized spacial score (nSPS) is 13.1. The van der Waals surface area contributed by atoms with Gasteiger partial charge < -0.3 is 14.2 Å². The molecule has 0 unspecified atom stereocenters. The molecule has 6 heteroatoms. The lowest BCUT2D eigenvalue weighted by molar-refractivity contribution is -0.166. The number of ether oxygens (including phenoxy) is 3. The molecule has 0 fully saturated rings. The second-order valence-corrected chi connectivity index (χ2v) is 16.0. The maximum atomic E-state index is 12.8. The van der Waals surface area contributed by atoms with E-state index in [4.69, 9.17) is 14.2 Å². The summed E-state index contributed by atoms with van der Waals surface area (Å²) in [6.45, 7) is 6.26. The highest BCUT2D eigenvalue weighted by atomic mass is 16.6. The van der Waals surface area contributed by atoms with Crippen molar-refractivity contribution in [3.8, 4) is 0 Å². The van der Waals surface area contributed by atoms with Gasteiger partial charge in [-0.25, -0.2) is 0 Å². The Labute approximate surface area is 386 Å². The van der Waals surface area contributed by atoms with Gasteiger partial charge in [0.15, 0.2) is 6.10 Å². The maximum Gasteiger partial charge on any atom is 0.306 e. The number of hydrogen-bond donors (Lipinski definition) is 0. The van der Waals surface area contributed by atoms with Crippen LogP contribution in [0.5, 0.6) is 0 Å². The molecule has 0 aromatic rings. The number of rotatable bonds is 43. The largest absolute Gasteiger partial charge is 0.462 e. The van der Waals surface area contributed by atoms with Crippen molar-refractivity contribution >= 4 is 17.9 Å². The maximum absolute atomic E-state index is 12.8. The van der Waals surface area contributed by atoms with Gasteiger partial charge >= 0.3 is 17.9 Å². The van der Waals surface area contributed by atoms with Crippen LogP contribution >= 0.6 is 0 Å². The Morgan fingerprint density at radius 3 is 1.08 bits per heavy atom. The molecule has 0 N–H and O–H groups in total. The van der Waals surface area contributed by atoms with E-state index in [9.17, 15) is 14.4 Å². The van der Waals surface area contributed by atoms with E-state index >= 15 is 0 Å². The molecule has 0 aliphatic carbocycles. The lowest BCUT2D eigenvalue weighted by atomic mass is 10.1. The number of esters is 3. The van der Waals surface area contributed by atoms with Crippen molar-refractivity contribution in [2.45, 2.75) is 207 Å². The van der Waals surface area contributed by atoms with Crippen LogP contribution in [0.1, 0.15) is 201 Å². The van der Waals surface area contributed by atoms with Gasteiger partial charge in [-0.2, -0.15) is 0 Å². The van der Waals surface area contributed by atoms with Gasteiger partial charge in [0, 0.05) is 19.3 Å². The van der Waals surface area contributed by atoms with Gasteiger partial charge in [0.1, 0.15) is 13.2 Å². The van der Waals surface area contributed by atoms with E-state index in [0.29, 0.717) is 12.8 Å². The molecule has 0 saturated carbocycles. The van der Waals surface area contributed by atoms with Crippen LogP contribution < -0.4 is 0 Å². The predicted octanol–water partition coefficient (Wildman–Crippen LogP) is 16.5. The Morgan fingerprint density at radius 1 is 0.333 bits per heavy atom. The van der Waals surface area contributed by atoms with E-state index < -0.39 is 6.10 Å². The summed E-state index contributed by atoms with van der Waals surface area (Å²) in [7, 11) is 0. The quantitative estimate of drug-likeness (QED) is 0.0263. The highest BCUT2D eigenvalue weighted by Crippen LogP contribution is 2.12. The molecule has 0 spiro atoms. The molecule has 0 aromatic carbocycles. The third-order valence-corrected chi connectivity index (χ3v) is 9.94. The van der Waals surface area contributed by atoms with Crippen molar-refractivity contribution in [2.75, 3.05) is 13.2 Å². The van der Waals surface area contributed by atoms with Crippen LogP contribution in [0.25, 0.3) is 0 Å². The lowest BCUT2D eigenvalue weighted by Gasteiger charge is -2.18. The molecular weight excluding hydrogens is 781 g/mol. The number of carbonyl (C=O) groups is 3. The van der Waals surface area contributed by atoms with Crippen molar-refractivity contribution in [2.24, 2.45) is 0 Å². The second kappa shape index (κ2) is 50.5. The van der Waals surface area contributed by atoms with Crippen molar-refractivity contribution in [1.29, 1.82) is 0 Å². The van der Waals surface area contributed by atoms with Gasteiger partial charge in [0.25, 0.3) is 0 Å². The van der Waals surface area contributed by atoms with Gasteiger partial charge in [0.2, 0.25) is 0 Å². The van der Waals surface area contributed by atoms with Crippen LogP contribution in [0.3, 0.4) is 0 Å². The summed E-state index contributed by atoms with van der Waals surface area (Å²) < 4.78 is 16.7. The number of unbranched alkanes of at least 4 members (excludes halogenated alkanes) is 12. The third-order valence-electron chi connectivity index (χ3n) is 9.94. The van der Waals surface area contributed by atoms with Crippen LogP contribution in [0, 0.1) is 0 Å². The second-order valence-electron chi connectivity index (χ2n) is 16.0. The molecular formula is C57H90O6. The Bertz CT molecular complexity index is 1370. The Hall–Kier alpha value is -4.19. The summed E-state index contributed by atoms with van der Waals surface area (Å²) in [6.07, 6.45) is 69.1. The lowest BCUT2D eigenvalue weighted by Crippen LogP contribution is -2.30. The zero-order valence-electron chi connectivity index (χ0n) is 40.3. The minimum absolute atomic E-state index is 0.116. The average Bonchev–Trinajstić information content (AvgIpc) is 3.28. The minimum Gasteiger partial charge on any atom is -0.462 e. The Kier molecular flexibility index (Phi) is 47.1. The molecule has 0 aliphatic heterocycles. The first-order chi connectivity index (χ1) is 31.0. The summed E-state index contributed by atoms with van der Waals surface area (Å²) in [5.41, 5.74) is 0. The molecule has 6 nitrogen and oxygen atoms in total. The van der Waals surface area contributed by atoms with Crippen LogP contribution in [0.15, 0.2) is 122 Å². The summed E-state index contributed by atoms with van der Waals surface area (Å²) in [4.78, 5) is 37.9. The average molecular weight is 871 g/mol. The number of carbonyl (C=O) groups excluding carboxylic acids is 3. The van der Waals surface area contributed by atoms with Crippen molar-refractivity contribution in [1.82, 2.24) is 0 Å². The number of hydrogen-bond acceptors (Lipinski definition) is 6. The fraction of sp³-hybridized carbons (Fsp3) is 0.596. The first-order valence-corrected chi connectivity index (χ1v) is 25.0. The molecule has 0 aliphatic rings. The summed E-state index contributed by atoms with van der Waals surface area (Å²) >= 11 is 0. The van der Waals surface area contributed by atoms with Crippen LogP contribution in [0.4, 0.5) is 0 Å². The molecule has 0 saturated heterocycles. The smallest absolute Gasteiger partial charge is 0.306 e. The standard InChI is InChI=1S/C57H90O6/c1-4-7-10-13-16-19-22-24-26-27-28-29-31-32-35-38-41-44-47-50-56(59)62-53-54(52-61-55(58)49-46-43-40-37-34-21-18-15-12-9-6-3)63-57(60)51-48-45-42-39-36-33-30-25-23-20-17-14-11-8-5-2/h7-8,10-11,15-20,24-26,28-30,32,35,41,44,54H,4-6,9,12-14,21-23,27,31,33-34,36-40,42-43,45-53H2,1-3H3/b10-7-,11-8-,18-15-,19-16-,20-17-,26-24-,29-28-,30-25-,35-32-,44-41-/t54-/m1/s1. The third kappa shape index (κ3) is 48.7. The monoisotopic (exact) mass is 871 g/mol. The molecule has 0 aromatic heterocycles. The van der Waals surface area contributed by atoms with Gasteiger partial charge in [-0.15, -0.1) is 0 Å². The van der Waals surface area contributed by atoms with E-state index in [1.165, 1.54) is 25.7 Å². The van der Waals surface area contributed by atoms with E-state index in [-0.39, 0.29) is 44.0 Å². The summed E-state index contributed by atoms with van der Waals surface area (Å²) in [6, 6.07) is 0. The van der Waals surface area contributed by atoms with Crippen LogP contribution in [0.2, 0.25) is 0 Å². The highest BCUT2D eigenvalue weighted by molar-refractivity contribution is 5.71. The van der Waals surface area contributed by atoms with Crippen LogP contribution in [-0.2, 0) is 28.6 Å². The Balaban J connectivity index is 4.54. The van der Waals surface area contributed by atoms with Gasteiger partial charge in [-0.1, -0.05) is 194 Å². The summed E-state index contributed by atoms with van der Waals surface area (Å²) in [5.74, 6) is -1.04. The zero-order chi connectivity index (χ0) is 45.8. The zero-order valence-corrected chi connectivity index (χ0v) is 40.3. The molecule has 0 rings (SSSR count). The molecule has 1 atom stereocenters. The fourth-order valence-corrected chi connectivity index (χ4v) is 6.23. The molecule has 0 heterocycles. The van der Waals surface area contributed by atoms with Crippen molar-refractivity contribution < 1.29 is 28.6 Å². The minimum atomic E-state index is -0.823. The van der Waals surface area contributed by atoms with Gasteiger partial charge in [0.05, 0.1) is 0 Å². The first-order valence-electron chi connectivity index (χ1n) is 25.0. The van der Waals surface area contributed by atoms with Gasteiger partial charge in [-0.3, -0.25) is 14.4 Å². The van der Waals surface area contributed by atoms with Crippen molar-refractivity contribution in [3.05, 3.63) is 122 Å². The molecule has 0 bridgehead atoms. The van der Waals surface area contributed by atoms with Gasteiger partial charge in [-0.05, 0) is 109 Å². The summed E-state index contributed by atoms with van der Waals surface area (Å²) in [5, 5.41) is 0. The molecule has 0 radical (unpaired) electrons. The number of allylic oxidation sites excluding steroid dienone is 20. The Morgan fingerprint density at radius 2 is 0.651 bits per heavy atom. The first kappa shape index (κ1) is 58.8. The van der Waals surface area contributed by atoms with E-state index in [1.54, 1.807) is 0 Å². The van der Waals surface area contributed by atoms with E-state index in [0.717, 1.165) is 128 Å². The molecule has 354 valence electrons. The predicted molar refractivity (Wildman–Crippen MR) is 269 cm³/mol. The van der Waals surface area contributed by atoms with E-state index in [2.05, 4.69) is 130 Å². The molecule has 63 heavy (non-hydrogen) atoms. The SMILES string of the molecule is CC/C=C\C/C=C\C/C=C\C/C=C\C/C=C\C/C=C\CCC(=O)OC[C@@H](COC(=O)CCCCCCC/C=C\CCCC)OC(=O)CCCCCCC/C=C\C/C=C\C/C=C\CC. The van der Waals surface area contributed by atoms with Crippen LogP contribution in [-0.4, -0.2) is 37.2 Å². The highest BCUT2D eigenvalue weighted by Gasteiger charge is 2.19. The van der Waals surface area contributed by atoms with E-state index in [1.807, 2.05) is 12.2 Å². The topological polar surface area (TPSA) is 78.9 Å². The van der Waals surface area contributed by atoms with Crippen molar-refractivity contribution in [3.63, 3.8) is 0 Å². The fourth-order valence-electron chi connectivity index (χ4n) is 6.23.